The number of hydrogen-bond donors (Lipinski definition) is 0. The summed E-state index contributed by atoms with van der Waals surface area (Å²) in [5.74, 6) is 2.72. The SMILES string of the molecule is CCCc1nc(N2CCN(c3ncccn3)CC2)c2c(n1)c(C)nn2CC. The van der Waals surface area contributed by atoms with Crippen LogP contribution in [0.25, 0.3) is 11.0 Å². The number of hydrogen-bond acceptors (Lipinski definition) is 7. The number of aromatic nitrogens is 6. The van der Waals surface area contributed by atoms with Crippen LogP contribution in [0.15, 0.2) is 18.5 Å². The van der Waals surface area contributed by atoms with Crippen molar-refractivity contribution < 1.29 is 0 Å². The number of anilines is 2. The largest absolute Gasteiger partial charge is 0.351 e. The predicted molar refractivity (Wildman–Crippen MR) is 106 cm³/mol. The fourth-order valence-electron chi connectivity index (χ4n) is 3.61. The Hall–Kier alpha value is -2.77. The zero-order chi connectivity index (χ0) is 18.8. The molecule has 4 rings (SSSR count). The number of aryl methyl sites for hydroxylation is 3. The average Bonchev–Trinajstić information content (AvgIpc) is 3.04. The summed E-state index contributed by atoms with van der Waals surface area (Å²) >= 11 is 0. The second-order valence-electron chi connectivity index (χ2n) is 6.83. The van der Waals surface area contributed by atoms with Crippen molar-refractivity contribution in [1.29, 1.82) is 0 Å². The van der Waals surface area contributed by atoms with Crippen LogP contribution in [-0.4, -0.2) is 55.9 Å². The molecule has 0 bridgehead atoms. The lowest BCUT2D eigenvalue weighted by atomic mass is 10.2. The molecule has 8 nitrogen and oxygen atoms in total. The fourth-order valence-corrected chi connectivity index (χ4v) is 3.61. The van der Waals surface area contributed by atoms with Gasteiger partial charge in [0.05, 0.1) is 5.69 Å². The standard InChI is InChI=1S/C19H26N8/c1-4-7-15-22-16-14(3)24-27(5-2)17(16)18(23-15)25-10-12-26(13-11-25)19-20-8-6-9-21-19/h6,8-9H,4-5,7,10-13H2,1-3H3. The first-order valence-electron chi connectivity index (χ1n) is 9.72. The molecule has 0 amide bonds. The lowest BCUT2D eigenvalue weighted by Gasteiger charge is -2.35. The predicted octanol–water partition coefficient (Wildman–Crippen LogP) is 2.22. The lowest BCUT2D eigenvalue weighted by Crippen LogP contribution is -2.47. The van der Waals surface area contributed by atoms with E-state index in [0.29, 0.717) is 0 Å². The number of nitrogens with zero attached hydrogens (tertiary/aromatic N) is 8. The lowest BCUT2D eigenvalue weighted by molar-refractivity contribution is 0.627. The maximum absolute atomic E-state index is 4.94. The van der Waals surface area contributed by atoms with Gasteiger partial charge in [-0.2, -0.15) is 5.10 Å². The van der Waals surface area contributed by atoms with E-state index in [1.165, 1.54) is 0 Å². The molecule has 1 aliphatic heterocycles. The summed E-state index contributed by atoms with van der Waals surface area (Å²) < 4.78 is 2.03. The van der Waals surface area contributed by atoms with E-state index in [-0.39, 0.29) is 0 Å². The van der Waals surface area contributed by atoms with Crippen molar-refractivity contribution in [3.8, 4) is 0 Å². The summed E-state index contributed by atoms with van der Waals surface area (Å²) in [6.07, 6.45) is 5.51. The Labute approximate surface area is 159 Å². The van der Waals surface area contributed by atoms with Gasteiger partial charge in [-0.05, 0) is 26.3 Å². The summed E-state index contributed by atoms with van der Waals surface area (Å²) in [4.78, 5) is 23.1. The molecule has 0 aliphatic carbocycles. The van der Waals surface area contributed by atoms with Gasteiger partial charge >= 0.3 is 0 Å². The third kappa shape index (κ3) is 3.31. The van der Waals surface area contributed by atoms with Crippen molar-refractivity contribution in [3.63, 3.8) is 0 Å². The van der Waals surface area contributed by atoms with Crippen molar-refractivity contribution in [1.82, 2.24) is 29.7 Å². The van der Waals surface area contributed by atoms with Gasteiger partial charge in [0.25, 0.3) is 0 Å². The second-order valence-corrected chi connectivity index (χ2v) is 6.83. The minimum Gasteiger partial charge on any atom is -0.351 e. The van der Waals surface area contributed by atoms with Gasteiger partial charge in [0.1, 0.15) is 16.9 Å². The molecule has 1 fully saturated rings. The monoisotopic (exact) mass is 366 g/mol. The molecular formula is C19H26N8. The van der Waals surface area contributed by atoms with Crippen LogP contribution in [-0.2, 0) is 13.0 Å². The Bertz CT molecular complexity index is 912. The minimum absolute atomic E-state index is 0.797. The molecule has 0 unspecified atom stereocenters. The molecule has 3 aromatic rings. The van der Waals surface area contributed by atoms with Gasteiger partial charge < -0.3 is 9.80 Å². The molecule has 0 N–H and O–H groups in total. The molecule has 0 atom stereocenters. The quantitative estimate of drug-likeness (QED) is 0.685. The van der Waals surface area contributed by atoms with Crippen LogP contribution in [0.1, 0.15) is 31.8 Å². The highest BCUT2D eigenvalue weighted by Gasteiger charge is 2.24. The Morgan fingerprint density at radius 1 is 0.963 bits per heavy atom. The van der Waals surface area contributed by atoms with Gasteiger partial charge in [-0.25, -0.2) is 19.9 Å². The van der Waals surface area contributed by atoms with Gasteiger partial charge in [0.15, 0.2) is 5.82 Å². The number of rotatable bonds is 5. The zero-order valence-electron chi connectivity index (χ0n) is 16.3. The molecule has 3 aromatic heterocycles. The van der Waals surface area contributed by atoms with E-state index >= 15 is 0 Å². The molecule has 142 valence electrons. The summed E-state index contributed by atoms with van der Waals surface area (Å²) in [5, 5.41) is 4.68. The minimum atomic E-state index is 0.797. The van der Waals surface area contributed by atoms with Gasteiger partial charge in [-0.1, -0.05) is 6.92 Å². The van der Waals surface area contributed by atoms with E-state index in [2.05, 4.69) is 38.7 Å². The van der Waals surface area contributed by atoms with E-state index in [1.54, 1.807) is 12.4 Å². The summed E-state index contributed by atoms with van der Waals surface area (Å²) in [6.45, 7) is 10.6. The highest BCUT2D eigenvalue weighted by Crippen LogP contribution is 2.28. The van der Waals surface area contributed by atoms with Crippen molar-refractivity contribution in [3.05, 3.63) is 30.0 Å². The van der Waals surface area contributed by atoms with Crippen molar-refractivity contribution in [2.45, 2.75) is 40.2 Å². The topological polar surface area (TPSA) is 75.9 Å². The normalized spacial score (nSPS) is 14.9. The van der Waals surface area contributed by atoms with Crippen LogP contribution >= 0.6 is 0 Å². The van der Waals surface area contributed by atoms with Crippen LogP contribution in [0.4, 0.5) is 11.8 Å². The second kappa shape index (κ2) is 7.46. The highest BCUT2D eigenvalue weighted by atomic mass is 15.4. The van der Waals surface area contributed by atoms with E-state index < -0.39 is 0 Å². The van der Waals surface area contributed by atoms with Crippen LogP contribution in [0.3, 0.4) is 0 Å². The first-order chi connectivity index (χ1) is 13.2. The first kappa shape index (κ1) is 17.6. The number of piperazine rings is 1. The molecule has 1 saturated heterocycles. The van der Waals surface area contributed by atoms with Crippen LogP contribution in [0, 0.1) is 6.92 Å². The Kier molecular flexibility index (Phi) is 4.87. The Morgan fingerprint density at radius 3 is 2.33 bits per heavy atom. The molecule has 1 aliphatic rings. The molecule has 0 radical (unpaired) electrons. The van der Waals surface area contributed by atoms with E-state index in [0.717, 1.165) is 79.9 Å². The molecule has 27 heavy (non-hydrogen) atoms. The molecule has 0 saturated carbocycles. The summed E-state index contributed by atoms with van der Waals surface area (Å²) in [7, 11) is 0. The Morgan fingerprint density at radius 2 is 1.67 bits per heavy atom. The summed E-state index contributed by atoms with van der Waals surface area (Å²) in [5.41, 5.74) is 3.02. The van der Waals surface area contributed by atoms with E-state index in [1.807, 2.05) is 17.7 Å². The molecule has 0 spiro atoms. The molecule has 8 heteroatoms. The maximum Gasteiger partial charge on any atom is 0.225 e. The van der Waals surface area contributed by atoms with Crippen LogP contribution in [0.5, 0.6) is 0 Å². The highest BCUT2D eigenvalue weighted by molar-refractivity contribution is 5.88. The third-order valence-electron chi connectivity index (χ3n) is 4.97. The maximum atomic E-state index is 4.94. The van der Waals surface area contributed by atoms with Gasteiger partial charge in [0, 0.05) is 51.5 Å². The van der Waals surface area contributed by atoms with E-state index in [9.17, 15) is 0 Å². The smallest absolute Gasteiger partial charge is 0.225 e. The average molecular weight is 366 g/mol. The summed E-state index contributed by atoms with van der Waals surface area (Å²) in [6, 6.07) is 1.85. The number of fused-ring (bicyclic) bond motifs is 1. The first-order valence-corrected chi connectivity index (χ1v) is 9.72. The van der Waals surface area contributed by atoms with Crippen molar-refractivity contribution in [2.24, 2.45) is 0 Å². The van der Waals surface area contributed by atoms with Gasteiger partial charge in [-0.3, -0.25) is 4.68 Å². The zero-order valence-corrected chi connectivity index (χ0v) is 16.3. The van der Waals surface area contributed by atoms with Crippen LogP contribution in [0.2, 0.25) is 0 Å². The third-order valence-corrected chi connectivity index (χ3v) is 4.97. The van der Waals surface area contributed by atoms with Gasteiger partial charge in [-0.15, -0.1) is 0 Å². The molecule has 0 aromatic carbocycles. The fraction of sp³-hybridized carbons (Fsp3) is 0.526. The molecular weight excluding hydrogens is 340 g/mol. The van der Waals surface area contributed by atoms with Gasteiger partial charge in [0.2, 0.25) is 5.95 Å². The van der Waals surface area contributed by atoms with Crippen molar-refractivity contribution in [2.75, 3.05) is 36.0 Å². The molecule has 4 heterocycles. The van der Waals surface area contributed by atoms with Crippen LogP contribution < -0.4 is 9.80 Å². The van der Waals surface area contributed by atoms with E-state index in [4.69, 9.17) is 9.97 Å². The Balaban J connectivity index is 1.67. The van der Waals surface area contributed by atoms with Crippen molar-refractivity contribution >= 4 is 22.8 Å².